The van der Waals surface area contributed by atoms with E-state index in [-0.39, 0.29) is 11.9 Å². The van der Waals surface area contributed by atoms with Gasteiger partial charge in [-0.3, -0.25) is 4.79 Å². The van der Waals surface area contributed by atoms with Crippen molar-refractivity contribution in [2.45, 2.75) is 18.6 Å². The minimum atomic E-state index is -0.897. The summed E-state index contributed by atoms with van der Waals surface area (Å²) in [6.07, 6.45) is 3.69. The summed E-state index contributed by atoms with van der Waals surface area (Å²) in [5, 5.41) is 5.66. The van der Waals surface area contributed by atoms with Crippen LogP contribution < -0.4 is 10.6 Å². The first kappa shape index (κ1) is 10.9. The molecule has 2 atom stereocenters. The Balaban J connectivity index is 1.92. The summed E-state index contributed by atoms with van der Waals surface area (Å²) in [6, 6.07) is -0.170. The fraction of sp³-hybridized carbons (Fsp3) is 0.500. The number of carbonyl (C=O) groups excluding carboxylic acids is 1. The zero-order chi connectivity index (χ0) is 11.4. The molecule has 0 saturated carbocycles. The Kier molecular flexibility index (Phi) is 3.40. The molecule has 1 aromatic heterocycles. The fourth-order valence-electron chi connectivity index (χ4n) is 1.68. The maximum absolute atomic E-state index is 13.0. The lowest BCUT2D eigenvalue weighted by Crippen LogP contribution is -2.49. The van der Waals surface area contributed by atoms with Crippen molar-refractivity contribution in [3.8, 4) is 0 Å². The maximum atomic E-state index is 13.0. The molecule has 0 aliphatic carbocycles. The van der Waals surface area contributed by atoms with E-state index in [4.69, 9.17) is 0 Å². The highest BCUT2D eigenvalue weighted by atomic mass is 19.1. The van der Waals surface area contributed by atoms with E-state index in [0.29, 0.717) is 25.1 Å². The highest BCUT2D eigenvalue weighted by Gasteiger charge is 2.22. The Morgan fingerprint density at radius 2 is 2.19 bits per heavy atom. The standard InChI is InChI=1S/C10H13FN4O/c11-8-1-9(5-12-4-8)15-10(16)7-2-13-6-14-3-7/h2-3,6,8-9,12H,1,4-5H2,(H,15,16)/t8-,9-/m0/s1. The van der Waals surface area contributed by atoms with Crippen LogP contribution in [0.25, 0.3) is 0 Å². The molecule has 5 nitrogen and oxygen atoms in total. The first-order valence-electron chi connectivity index (χ1n) is 5.16. The third-order valence-electron chi connectivity index (χ3n) is 2.45. The van der Waals surface area contributed by atoms with E-state index in [9.17, 15) is 9.18 Å². The van der Waals surface area contributed by atoms with Crippen molar-refractivity contribution in [1.82, 2.24) is 20.6 Å². The average Bonchev–Trinajstić information content (AvgIpc) is 2.30. The number of alkyl halides is 1. The molecule has 1 aliphatic rings. The third-order valence-corrected chi connectivity index (χ3v) is 2.45. The molecule has 2 N–H and O–H groups in total. The molecule has 86 valence electrons. The van der Waals surface area contributed by atoms with Gasteiger partial charge in [0, 0.05) is 37.9 Å². The summed E-state index contributed by atoms with van der Waals surface area (Å²) in [7, 11) is 0. The van der Waals surface area contributed by atoms with Crippen molar-refractivity contribution >= 4 is 5.91 Å². The van der Waals surface area contributed by atoms with Crippen LogP contribution in [-0.4, -0.2) is 41.2 Å². The second-order valence-electron chi connectivity index (χ2n) is 3.79. The van der Waals surface area contributed by atoms with E-state index in [1.165, 1.54) is 18.7 Å². The van der Waals surface area contributed by atoms with Crippen LogP contribution in [-0.2, 0) is 0 Å². The second kappa shape index (κ2) is 4.98. The minimum Gasteiger partial charge on any atom is -0.348 e. The molecule has 0 radical (unpaired) electrons. The molecular formula is C10H13FN4O. The van der Waals surface area contributed by atoms with Crippen molar-refractivity contribution in [3.63, 3.8) is 0 Å². The van der Waals surface area contributed by atoms with Crippen LogP contribution in [0.15, 0.2) is 18.7 Å². The van der Waals surface area contributed by atoms with Crippen molar-refractivity contribution in [2.24, 2.45) is 0 Å². The summed E-state index contributed by atoms with van der Waals surface area (Å²) in [5.41, 5.74) is 0.392. The van der Waals surface area contributed by atoms with E-state index in [0.717, 1.165) is 0 Å². The molecule has 1 aromatic rings. The monoisotopic (exact) mass is 224 g/mol. The van der Waals surface area contributed by atoms with Gasteiger partial charge in [0.1, 0.15) is 12.5 Å². The first-order valence-corrected chi connectivity index (χ1v) is 5.16. The molecule has 2 heterocycles. The van der Waals surface area contributed by atoms with Gasteiger partial charge >= 0.3 is 0 Å². The van der Waals surface area contributed by atoms with Crippen LogP contribution in [0.1, 0.15) is 16.8 Å². The number of halogens is 1. The molecule has 1 aliphatic heterocycles. The number of hydrogen-bond acceptors (Lipinski definition) is 4. The number of rotatable bonds is 2. The van der Waals surface area contributed by atoms with Gasteiger partial charge in [-0.25, -0.2) is 14.4 Å². The number of nitrogens with zero attached hydrogens (tertiary/aromatic N) is 2. The molecule has 16 heavy (non-hydrogen) atoms. The highest BCUT2D eigenvalue weighted by Crippen LogP contribution is 2.07. The molecule has 6 heteroatoms. The number of amides is 1. The van der Waals surface area contributed by atoms with Gasteiger partial charge in [-0.15, -0.1) is 0 Å². The molecule has 0 spiro atoms. The molecule has 2 rings (SSSR count). The second-order valence-corrected chi connectivity index (χ2v) is 3.79. The topological polar surface area (TPSA) is 66.9 Å². The summed E-state index contributed by atoms with van der Waals surface area (Å²) < 4.78 is 13.0. The van der Waals surface area contributed by atoms with Crippen molar-refractivity contribution < 1.29 is 9.18 Å². The van der Waals surface area contributed by atoms with E-state index in [1.54, 1.807) is 0 Å². The number of aromatic nitrogens is 2. The predicted molar refractivity (Wildman–Crippen MR) is 55.7 cm³/mol. The molecule has 0 unspecified atom stereocenters. The summed E-state index contributed by atoms with van der Waals surface area (Å²) in [6.45, 7) is 0.959. The van der Waals surface area contributed by atoms with Crippen LogP contribution in [0.3, 0.4) is 0 Å². The average molecular weight is 224 g/mol. The Hall–Kier alpha value is -1.56. The molecular weight excluding hydrogens is 211 g/mol. The molecule has 1 fully saturated rings. The minimum absolute atomic E-state index is 0.170. The Bertz CT molecular complexity index is 359. The van der Waals surface area contributed by atoms with Gasteiger partial charge in [0.05, 0.1) is 5.56 Å². The van der Waals surface area contributed by atoms with Crippen molar-refractivity contribution in [1.29, 1.82) is 0 Å². The number of hydrogen-bond donors (Lipinski definition) is 2. The highest BCUT2D eigenvalue weighted by molar-refractivity contribution is 5.93. The van der Waals surface area contributed by atoms with Crippen molar-refractivity contribution in [3.05, 3.63) is 24.3 Å². The lowest BCUT2D eigenvalue weighted by molar-refractivity contribution is 0.0918. The van der Waals surface area contributed by atoms with Crippen LogP contribution >= 0.6 is 0 Å². The maximum Gasteiger partial charge on any atom is 0.254 e. The van der Waals surface area contributed by atoms with Crippen LogP contribution in [0, 0.1) is 0 Å². The molecule has 1 saturated heterocycles. The Labute approximate surface area is 92.5 Å². The Morgan fingerprint density at radius 1 is 1.44 bits per heavy atom. The summed E-state index contributed by atoms with van der Waals surface area (Å²) in [4.78, 5) is 19.2. The quantitative estimate of drug-likeness (QED) is 0.736. The van der Waals surface area contributed by atoms with Gasteiger partial charge in [-0.2, -0.15) is 0 Å². The van der Waals surface area contributed by atoms with E-state index >= 15 is 0 Å². The normalized spacial score (nSPS) is 25.1. The molecule has 1 amide bonds. The Morgan fingerprint density at radius 3 is 2.88 bits per heavy atom. The lowest BCUT2D eigenvalue weighted by Gasteiger charge is -2.26. The van der Waals surface area contributed by atoms with Gasteiger partial charge in [0.15, 0.2) is 0 Å². The molecule has 0 aromatic carbocycles. The van der Waals surface area contributed by atoms with Gasteiger partial charge in [-0.05, 0) is 0 Å². The zero-order valence-electron chi connectivity index (χ0n) is 8.69. The van der Waals surface area contributed by atoms with E-state index < -0.39 is 6.17 Å². The number of piperidine rings is 1. The first-order chi connectivity index (χ1) is 7.75. The van der Waals surface area contributed by atoms with Gasteiger partial charge in [0.2, 0.25) is 0 Å². The van der Waals surface area contributed by atoms with E-state index in [1.807, 2.05) is 0 Å². The number of nitrogens with one attached hydrogen (secondary N) is 2. The fourth-order valence-corrected chi connectivity index (χ4v) is 1.68. The van der Waals surface area contributed by atoms with Gasteiger partial charge in [0.25, 0.3) is 5.91 Å². The van der Waals surface area contributed by atoms with Crippen molar-refractivity contribution in [2.75, 3.05) is 13.1 Å². The summed E-state index contributed by atoms with van der Waals surface area (Å²) in [5.74, 6) is -0.262. The largest absolute Gasteiger partial charge is 0.348 e. The van der Waals surface area contributed by atoms with E-state index in [2.05, 4.69) is 20.6 Å². The van der Waals surface area contributed by atoms with Gasteiger partial charge in [-0.1, -0.05) is 0 Å². The lowest BCUT2D eigenvalue weighted by atomic mass is 10.1. The molecule has 0 bridgehead atoms. The zero-order valence-corrected chi connectivity index (χ0v) is 8.69. The third kappa shape index (κ3) is 2.73. The van der Waals surface area contributed by atoms with Crippen LogP contribution in [0.4, 0.5) is 4.39 Å². The van der Waals surface area contributed by atoms with Crippen LogP contribution in [0.2, 0.25) is 0 Å². The SMILES string of the molecule is O=C(N[C@@H]1CNC[C@@H](F)C1)c1cncnc1. The van der Waals surface area contributed by atoms with Gasteiger partial charge < -0.3 is 10.6 Å². The summed E-state index contributed by atoms with van der Waals surface area (Å²) >= 11 is 0. The smallest absolute Gasteiger partial charge is 0.254 e. The van der Waals surface area contributed by atoms with Crippen LogP contribution in [0.5, 0.6) is 0 Å². The number of carbonyl (C=O) groups is 1. The predicted octanol–water partition coefficient (Wildman–Crippen LogP) is -0.0936.